The van der Waals surface area contributed by atoms with E-state index in [-0.39, 0.29) is 11.6 Å². The molecular formula is C16H24N4O. The number of rotatable bonds is 4. The van der Waals surface area contributed by atoms with Gasteiger partial charge in [0.05, 0.1) is 22.7 Å². The van der Waals surface area contributed by atoms with Crippen LogP contribution in [0.1, 0.15) is 32.0 Å². The van der Waals surface area contributed by atoms with Gasteiger partial charge in [-0.1, -0.05) is 12.1 Å². The van der Waals surface area contributed by atoms with E-state index in [2.05, 4.69) is 30.0 Å². The van der Waals surface area contributed by atoms with Gasteiger partial charge in [-0.05, 0) is 38.3 Å². The van der Waals surface area contributed by atoms with Crippen molar-refractivity contribution < 1.29 is 4.74 Å². The van der Waals surface area contributed by atoms with Gasteiger partial charge in [0.15, 0.2) is 0 Å². The van der Waals surface area contributed by atoms with Crippen LogP contribution in [0.3, 0.4) is 0 Å². The number of ether oxygens (including phenoxy) is 1. The van der Waals surface area contributed by atoms with Gasteiger partial charge in [0.25, 0.3) is 0 Å². The molecule has 1 aliphatic rings. The lowest BCUT2D eigenvalue weighted by Gasteiger charge is -2.40. The largest absolute Gasteiger partial charge is 0.374 e. The smallest absolute Gasteiger partial charge is 0.111 e. The Morgan fingerprint density at radius 1 is 1.43 bits per heavy atom. The van der Waals surface area contributed by atoms with E-state index in [1.165, 1.54) is 6.42 Å². The molecule has 0 spiro atoms. The molecule has 1 fully saturated rings. The fourth-order valence-corrected chi connectivity index (χ4v) is 3.24. The lowest BCUT2D eigenvalue weighted by atomic mass is 9.86. The summed E-state index contributed by atoms with van der Waals surface area (Å²) < 4.78 is 8.17. The standard InChI is InChI=1S/C16H24N4O/c1-16(9-5-6-10-21-16)14(19-17)11-15-18-12-7-3-4-8-13(12)20(15)2/h3-4,7-8,14,19H,5-6,9-11,17H2,1-2H3. The summed E-state index contributed by atoms with van der Waals surface area (Å²) in [5.74, 6) is 6.85. The monoisotopic (exact) mass is 288 g/mol. The Balaban J connectivity index is 1.87. The lowest BCUT2D eigenvalue weighted by molar-refractivity contribution is -0.0888. The average molecular weight is 288 g/mol. The fourth-order valence-electron chi connectivity index (χ4n) is 3.24. The summed E-state index contributed by atoms with van der Waals surface area (Å²) in [6.07, 6.45) is 4.13. The maximum atomic E-state index is 6.03. The highest BCUT2D eigenvalue weighted by Gasteiger charge is 2.37. The topological polar surface area (TPSA) is 65.1 Å². The van der Waals surface area contributed by atoms with Crippen molar-refractivity contribution in [2.24, 2.45) is 12.9 Å². The summed E-state index contributed by atoms with van der Waals surface area (Å²) in [6.45, 7) is 2.97. The van der Waals surface area contributed by atoms with E-state index in [1.807, 2.05) is 18.2 Å². The molecule has 1 saturated heterocycles. The molecule has 0 saturated carbocycles. The minimum atomic E-state index is -0.217. The van der Waals surface area contributed by atoms with Crippen LogP contribution in [0.2, 0.25) is 0 Å². The number of aryl methyl sites for hydroxylation is 1. The quantitative estimate of drug-likeness (QED) is 0.666. The van der Waals surface area contributed by atoms with Crippen LogP contribution in [-0.4, -0.2) is 27.8 Å². The van der Waals surface area contributed by atoms with Crippen molar-refractivity contribution in [3.05, 3.63) is 30.1 Å². The molecule has 1 aromatic heterocycles. The van der Waals surface area contributed by atoms with E-state index in [0.717, 1.165) is 42.7 Å². The van der Waals surface area contributed by atoms with Crippen LogP contribution in [0.4, 0.5) is 0 Å². The van der Waals surface area contributed by atoms with Gasteiger partial charge in [-0.25, -0.2) is 4.98 Å². The molecule has 3 N–H and O–H groups in total. The molecule has 3 rings (SSSR count). The second-order valence-electron chi connectivity index (χ2n) is 6.12. The SMILES string of the molecule is Cn1c(CC(NN)C2(C)CCCCO2)nc2ccccc21. The first kappa shape index (κ1) is 14.5. The van der Waals surface area contributed by atoms with Gasteiger partial charge in [-0.3, -0.25) is 11.3 Å². The van der Waals surface area contributed by atoms with E-state index in [0.29, 0.717) is 0 Å². The van der Waals surface area contributed by atoms with Gasteiger partial charge in [0.1, 0.15) is 5.82 Å². The second-order valence-corrected chi connectivity index (χ2v) is 6.12. The lowest BCUT2D eigenvalue weighted by Crippen LogP contribution is -2.55. The van der Waals surface area contributed by atoms with Crippen LogP contribution in [0, 0.1) is 0 Å². The van der Waals surface area contributed by atoms with E-state index in [9.17, 15) is 0 Å². The highest BCUT2D eigenvalue weighted by Crippen LogP contribution is 2.29. The molecule has 2 unspecified atom stereocenters. The van der Waals surface area contributed by atoms with Gasteiger partial charge >= 0.3 is 0 Å². The molecule has 5 nitrogen and oxygen atoms in total. The summed E-state index contributed by atoms with van der Waals surface area (Å²) in [5.41, 5.74) is 4.92. The van der Waals surface area contributed by atoms with Crippen molar-refractivity contribution in [3.8, 4) is 0 Å². The fraction of sp³-hybridized carbons (Fsp3) is 0.562. The van der Waals surface area contributed by atoms with E-state index >= 15 is 0 Å². The van der Waals surface area contributed by atoms with Gasteiger partial charge in [-0.15, -0.1) is 0 Å². The van der Waals surface area contributed by atoms with Crippen molar-refractivity contribution in [1.82, 2.24) is 15.0 Å². The van der Waals surface area contributed by atoms with Crippen molar-refractivity contribution in [1.29, 1.82) is 0 Å². The number of hydrogen-bond donors (Lipinski definition) is 2. The number of fused-ring (bicyclic) bond motifs is 1. The molecule has 2 atom stereocenters. The molecule has 114 valence electrons. The van der Waals surface area contributed by atoms with E-state index in [4.69, 9.17) is 15.6 Å². The van der Waals surface area contributed by atoms with Crippen LogP contribution >= 0.6 is 0 Å². The zero-order chi connectivity index (χ0) is 14.9. The zero-order valence-corrected chi connectivity index (χ0v) is 12.8. The maximum Gasteiger partial charge on any atom is 0.111 e. The summed E-state index contributed by atoms with van der Waals surface area (Å²) in [5, 5.41) is 0. The first-order chi connectivity index (χ1) is 10.1. The summed E-state index contributed by atoms with van der Waals surface area (Å²) >= 11 is 0. The van der Waals surface area contributed by atoms with Crippen molar-refractivity contribution in [2.75, 3.05) is 6.61 Å². The molecule has 1 aromatic carbocycles. The Kier molecular flexibility index (Phi) is 3.97. The number of hydrazine groups is 1. The van der Waals surface area contributed by atoms with E-state index < -0.39 is 0 Å². The third-order valence-corrected chi connectivity index (χ3v) is 4.70. The molecule has 0 bridgehead atoms. The molecule has 0 radical (unpaired) electrons. The normalized spacial score (nSPS) is 24.3. The minimum Gasteiger partial charge on any atom is -0.374 e. The Bertz CT molecular complexity index is 616. The predicted molar refractivity (Wildman–Crippen MR) is 83.7 cm³/mol. The molecule has 5 heteroatoms. The van der Waals surface area contributed by atoms with Gasteiger partial charge in [-0.2, -0.15) is 0 Å². The second kappa shape index (κ2) is 5.75. The van der Waals surface area contributed by atoms with Crippen LogP contribution in [0.5, 0.6) is 0 Å². The number of hydrogen-bond acceptors (Lipinski definition) is 4. The molecule has 2 heterocycles. The molecule has 2 aromatic rings. The average Bonchev–Trinajstić information content (AvgIpc) is 2.82. The minimum absolute atomic E-state index is 0.0633. The van der Waals surface area contributed by atoms with Gasteiger partial charge in [0.2, 0.25) is 0 Å². The van der Waals surface area contributed by atoms with Crippen LogP contribution in [-0.2, 0) is 18.2 Å². The first-order valence-electron chi connectivity index (χ1n) is 7.64. The third kappa shape index (κ3) is 2.69. The van der Waals surface area contributed by atoms with Crippen LogP contribution < -0.4 is 11.3 Å². The third-order valence-electron chi connectivity index (χ3n) is 4.70. The number of nitrogens with two attached hydrogens (primary N) is 1. The molecule has 21 heavy (non-hydrogen) atoms. The Morgan fingerprint density at radius 3 is 2.90 bits per heavy atom. The number of imidazole rings is 1. The Morgan fingerprint density at radius 2 is 2.24 bits per heavy atom. The summed E-state index contributed by atoms with van der Waals surface area (Å²) in [6, 6.07) is 8.26. The van der Waals surface area contributed by atoms with Crippen molar-refractivity contribution >= 4 is 11.0 Å². The van der Waals surface area contributed by atoms with Gasteiger partial charge < -0.3 is 9.30 Å². The predicted octanol–water partition coefficient (Wildman–Crippen LogP) is 1.91. The number of nitrogens with one attached hydrogen (secondary N) is 1. The van der Waals surface area contributed by atoms with Gasteiger partial charge in [0, 0.05) is 20.1 Å². The number of benzene rings is 1. The number of aromatic nitrogens is 2. The highest BCUT2D eigenvalue weighted by molar-refractivity contribution is 5.75. The van der Waals surface area contributed by atoms with Crippen LogP contribution in [0.15, 0.2) is 24.3 Å². The highest BCUT2D eigenvalue weighted by atomic mass is 16.5. The molecule has 1 aliphatic heterocycles. The molecule has 0 amide bonds. The summed E-state index contributed by atoms with van der Waals surface area (Å²) in [7, 11) is 2.06. The molecule has 0 aliphatic carbocycles. The van der Waals surface area contributed by atoms with Crippen molar-refractivity contribution in [3.63, 3.8) is 0 Å². The summed E-state index contributed by atoms with van der Waals surface area (Å²) in [4.78, 5) is 4.74. The zero-order valence-electron chi connectivity index (χ0n) is 12.8. The van der Waals surface area contributed by atoms with E-state index in [1.54, 1.807) is 0 Å². The van der Waals surface area contributed by atoms with Crippen LogP contribution in [0.25, 0.3) is 11.0 Å². The number of nitrogens with zero attached hydrogens (tertiary/aromatic N) is 2. The first-order valence-corrected chi connectivity index (χ1v) is 7.64. The maximum absolute atomic E-state index is 6.03. The number of para-hydroxylation sites is 2. The van der Waals surface area contributed by atoms with Crippen molar-refractivity contribution in [2.45, 2.75) is 44.2 Å². The Hall–Kier alpha value is -1.43. The molecular weight excluding hydrogens is 264 g/mol. The Labute approximate surface area is 125 Å².